The molecule has 3 heterocycles. The van der Waals surface area contributed by atoms with Crippen LogP contribution in [-0.2, 0) is 28.1 Å². The Labute approximate surface area is 134 Å². The average molecular weight is 338 g/mol. The molecule has 1 N–H and O–H groups in total. The molecular weight excluding hydrogens is 324 g/mol. The highest BCUT2D eigenvalue weighted by Gasteiger charge is 2.48. The minimum atomic E-state index is -1.96. The van der Waals surface area contributed by atoms with Crippen LogP contribution in [0.25, 0.3) is 10.2 Å². The maximum Gasteiger partial charge on any atom is 0.361 e. The summed E-state index contributed by atoms with van der Waals surface area (Å²) in [6, 6.07) is 0. The minimum absolute atomic E-state index is 0.0491. The first-order valence-electron chi connectivity index (χ1n) is 7.16. The van der Waals surface area contributed by atoms with Gasteiger partial charge in [-0.15, -0.1) is 11.3 Å². The summed E-state index contributed by atoms with van der Waals surface area (Å²) in [7, 11) is 0. The number of aryl methyl sites for hydroxylation is 2. The van der Waals surface area contributed by atoms with Crippen LogP contribution < -0.4 is 5.56 Å². The minimum Gasteiger partial charge on any atom is -0.462 e. The summed E-state index contributed by atoms with van der Waals surface area (Å²) in [6.07, 6.45) is 2.87. The zero-order chi connectivity index (χ0) is 15.5. The quantitative estimate of drug-likeness (QED) is 0.656. The summed E-state index contributed by atoms with van der Waals surface area (Å²) >= 11 is 2.76. The van der Waals surface area contributed by atoms with Gasteiger partial charge >= 0.3 is 5.97 Å². The lowest BCUT2D eigenvalue weighted by molar-refractivity contribution is -0.173. The summed E-state index contributed by atoms with van der Waals surface area (Å²) in [5.41, 5.74) is -1.25. The second-order valence-electron chi connectivity index (χ2n) is 5.40. The molecule has 2 aromatic rings. The predicted octanol–water partition coefficient (Wildman–Crippen LogP) is 1.26. The number of hydrogen-bond acceptors (Lipinski definition) is 7. The van der Waals surface area contributed by atoms with Crippen molar-refractivity contribution in [3.05, 3.63) is 20.8 Å². The Balaban J connectivity index is 1.98. The third-order valence-electron chi connectivity index (χ3n) is 4.08. The molecule has 6 nitrogen and oxygen atoms in total. The molecule has 0 spiro atoms. The van der Waals surface area contributed by atoms with Crippen molar-refractivity contribution in [2.45, 2.75) is 37.1 Å². The molecule has 22 heavy (non-hydrogen) atoms. The van der Waals surface area contributed by atoms with Gasteiger partial charge in [0.05, 0.1) is 17.7 Å². The van der Waals surface area contributed by atoms with Crippen molar-refractivity contribution in [3.63, 3.8) is 0 Å². The van der Waals surface area contributed by atoms with E-state index in [4.69, 9.17) is 4.74 Å². The molecule has 4 rings (SSSR count). The van der Waals surface area contributed by atoms with Crippen molar-refractivity contribution in [2.24, 2.45) is 0 Å². The van der Waals surface area contributed by atoms with Gasteiger partial charge in [-0.3, -0.25) is 4.79 Å². The smallest absolute Gasteiger partial charge is 0.361 e. The third kappa shape index (κ3) is 1.74. The Hall–Kier alpha value is -1.38. The molecule has 0 fully saturated rings. The van der Waals surface area contributed by atoms with Gasteiger partial charge in [0.25, 0.3) is 11.3 Å². The number of rotatable bonds is 2. The third-order valence-corrected chi connectivity index (χ3v) is 6.35. The zero-order valence-electron chi connectivity index (χ0n) is 11.9. The topological polar surface area (TPSA) is 81.4 Å². The van der Waals surface area contributed by atoms with Crippen molar-refractivity contribution in [1.82, 2.24) is 9.55 Å². The molecule has 0 radical (unpaired) electrons. The van der Waals surface area contributed by atoms with Crippen LogP contribution in [0, 0.1) is 0 Å². The summed E-state index contributed by atoms with van der Waals surface area (Å²) in [5.74, 6) is -0.746. The van der Waals surface area contributed by atoms with Crippen molar-refractivity contribution in [2.75, 3.05) is 12.4 Å². The molecular formula is C14H14N2O4S2. The Kier molecular flexibility index (Phi) is 3.11. The van der Waals surface area contributed by atoms with Gasteiger partial charge in [-0.2, -0.15) is 0 Å². The van der Waals surface area contributed by atoms with Gasteiger partial charge in [0, 0.05) is 4.88 Å². The molecule has 1 unspecified atom stereocenters. The molecule has 8 heteroatoms. The molecule has 0 saturated heterocycles. The first kappa shape index (κ1) is 14.2. The van der Waals surface area contributed by atoms with Crippen LogP contribution in [0.1, 0.15) is 23.8 Å². The van der Waals surface area contributed by atoms with Gasteiger partial charge in [0.2, 0.25) is 0 Å². The zero-order valence-corrected chi connectivity index (χ0v) is 13.6. The number of carbonyl (C=O) groups is 1. The fourth-order valence-electron chi connectivity index (χ4n) is 3.07. The van der Waals surface area contributed by atoms with E-state index in [0.717, 1.165) is 29.4 Å². The number of thioether (sulfide) groups is 1. The Morgan fingerprint density at radius 2 is 2.32 bits per heavy atom. The molecule has 0 aromatic carbocycles. The Morgan fingerprint density at radius 1 is 1.50 bits per heavy atom. The van der Waals surface area contributed by atoms with E-state index in [0.29, 0.717) is 15.4 Å². The van der Waals surface area contributed by atoms with E-state index in [2.05, 4.69) is 4.98 Å². The number of ether oxygens (including phenoxy) is 1. The number of fused-ring (bicyclic) bond motifs is 4. The molecule has 1 atom stereocenters. The molecule has 0 saturated carbocycles. The van der Waals surface area contributed by atoms with E-state index >= 15 is 0 Å². The number of aliphatic hydroxyl groups is 1. The van der Waals surface area contributed by atoms with Crippen molar-refractivity contribution in [1.29, 1.82) is 0 Å². The van der Waals surface area contributed by atoms with Crippen LogP contribution in [0.5, 0.6) is 0 Å². The largest absolute Gasteiger partial charge is 0.462 e. The lowest BCUT2D eigenvalue weighted by atomic mass is 10.2. The Morgan fingerprint density at radius 3 is 3.09 bits per heavy atom. The number of esters is 1. The van der Waals surface area contributed by atoms with Crippen molar-refractivity contribution < 1.29 is 14.6 Å². The highest BCUT2D eigenvalue weighted by molar-refractivity contribution is 7.99. The second kappa shape index (κ2) is 4.81. The van der Waals surface area contributed by atoms with Crippen LogP contribution in [-0.4, -0.2) is 33.0 Å². The van der Waals surface area contributed by atoms with Crippen LogP contribution in [0.15, 0.2) is 9.95 Å². The summed E-state index contributed by atoms with van der Waals surface area (Å²) in [6.45, 7) is 1.82. The van der Waals surface area contributed by atoms with Gasteiger partial charge in [-0.25, -0.2) is 14.3 Å². The van der Waals surface area contributed by atoms with E-state index in [1.54, 1.807) is 18.3 Å². The maximum atomic E-state index is 12.9. The first-order valence-corrected chi connectivity index (χ1v) is 8.96. The Bertz CT molecular complexity index is 857. The van der Waals surface area contributed by atoms with Crippen molar-refractivity contribution >= 4 is 39.3 Å². The molecule has 2 aliphatic rings. The van der Waals surface area contributed by atoms with Gasteiger partial charge < -0.3 is 9.84 Å². The second-order valence-corrected chi connectivity index (χ2v) is 7.42. The van der Waals surface area contributed by atoms with Crippen molar-refractivity contribution in [3.8, 4) is 0 Å². The lowest BCUT2D eigenvalue weighted by Gasteiger charge is -2.21. The summed E-state index contributed by atoms with van der Waals surface area (Å²) in [4.78, 5) is 31.4. The SMILES string of the molecule is CCOC(=O)C1(O)CSc2nc3sc4c(c3c(=O)n21)CCC4. The number of aromatic nitrogens is 2. The van der Waals surface area contributed by atoms with E-state index in [1.165, 1.54) is 16.6 Å². The number of hydrogen-bond donors (Lipinski definition) is 1. The van der Waals surface area contributed by atoms with Crippen LogP contribution in [0.4, 0.5) is 0 Å². The summed E-state index contributed by atoms with van der Waals surface area (Å²) < 4.78 is 6.05. The van der Waals surface area contributed by atoms with Gasteiger partial charge in [-0.05, 0) is 31.7 Å². The molecule has 116 valence electrons. The highest BCUT2D eigenvalue weighted by atomic mass is 32.2. The number of nitrogens with zero attached hydrogens (tertiary/aromatic N) is 2. The van der Waals surface area contributed by atoms with Crippen LogP contribution in [0.2, 0.25) is 0 Å². The fourth-order valence-corrected chi connectivity index (χ4v) is 5.48. The monoisotopic (exact) mass is 338 g/mol. The molecule has 0 amide bonds. The molecule has 1 aliphatic heterocycles. The van der Waals surface area contributed by atoms with E-state index in [1.807, 2.05) is 0 Å². The normalized spacial score (nSPS) is 22.8. The predicted molar refractivity (Wildman–Crippen MR) is 83.5 cm³/mol. The molecule has 2 aromatic heterocycles. The van der Waals surface area contributed by atoms with Crippen LogP contribution in [0.3, 0.4) is 0 Å². The lowest BCUT2D eigenvalue weighted by Crippen LogP contribution is -2.48. The van der Waals surface area contributed by atoms with Gasteiger partial charge in [-0.1, -0.05) is 11.8 Å². The first-order chi connectivity index (χ1) is 10.6. The average Bonchev–Trinajstić information content (AvgIpc) is 3.13. The highest BCUT2D eigenvalue weighted by Crippen LogP contribution is 2.39. The van der Waals surface area contributed by atoms with Gasteiger partial charge in [0.1, 0.15) is 4.83 Å². The molecule has 1 aliphatic carbocycles. The van der Waals surface area contributed by atoms with Crippen LogP contribution >= 0.6 is 23.1 Å². The van der Waals surface area contributed by atoms with Gasteiger partial charge in [0.15, 0.2) is 5.16 Å². The number of carbonyl (C=O) groups excluding carboxylic acids is 1. The van der Waals surface area contributed by atoms with E-state index in [9.17, 15) is 14.7 Å². The molecule has 0 bridgehead atoms. The fraction of sp³-hybridized carbons (Fsp3) is 0.500. The van der Waals surface area contributed by atoms with E-state index in [-0.39, 0.29) is 17.9 Å². The summed E-state index contributed by atoms with van der Waals surface area (Å²) in [5, 5.41) is 11.6. The number of thiophene rings is 1. The van der Waals surface area contributed by atoms with E-state index < -0.39 is 11.7 Å². The standard InChI is InChI=1S/C14H14N2O4S2/c1-2-20-12(18)14(19)6-21-13-15-10-9(11(17)16(13)14)7-4-3-5-8(7)22-10/h19H,2-6H2,1H3. The maximum absolute atomic E-state index is 12.9.